The standard InChI is InChI=1S/C9H17N5O2S/c1-3-11-8-6-9(14-7(2)13-8)12-4-5-17(10,15)16/h6H,3-5H2,1-2H3,(H2,10,15,16)(H2,11,12,13,14). The summed E-state index contributed by atoms with van der Waals surface area (Å²) in [5, 5.41) is 10.8. The maximum atomic E-state index is 10.8. The lowest BCUT2D eigenvalue weighted by molar-refractivity contribution is 0.598. The summed E-state index contributed by atoms with van der Waals surface area (Å²) in [4.78, 5) is 8.31. The van der Waals surface area contributed by atoms with E-state index in [4.69, 9.17) is 5.14 Å². The van der Waals surface area contributed by atoms with Gasteiger partial charge in [-0.3, -0.25) is 0 Å². The topological polar surface area (TPSA) is 110 Å². The highest BCUT2D eigenvalue weighted by atomic mass is 32.2. The van der Waals surface area contributed by atoms with E-state index in [2.05, 4.69) is 20.6 Å². The Bertz CT molecular complexity index is 474. The van der Waals surface area contributed by atoms with Crippen LogP contribution in [0.5, 0.6) is 0 Å². The second-order valence-electron chi connectivity index (χ2n) is 3.51. The second kappa shape index (κ2) is 5.78. The van der Waals surface area contributed by atoms with Gasteiger partial charge in [-0.05, 0) is 13.8 Å². The number of aryl methyl sites for hydroxylation is 1. The smallest absolute Gasteiger partial charge is 0.210 e. The second-order valence-corrected chi connectivity index (χ2v) is 5.24. The Morgan fingerprint density at radius 3 is 2.41 bits per heavy atom. The highest BCUT2D eigenvalue weighted by Crippen LogP contribution is 2.10. The summed E-state index contributed by atoms with van der Waals surface area (Å²) >= 11 is 0. The van der Waals surface area contributed by atoms with E-state index in [9.17, 15) is 8.42 Å². The Morgan fingerprint density at radius 2 is 1.88 bits per heavy atom. The van der Waals surface area contributed by atoms with Crippen LogP contribution in [0.25, 0.3) is 0 Å². The van der Waals surface area contributed by atoms with E-state index in [1.807, 2.05) is 6.92 Å². The minimum Gasteiger partial charge on any atom is -0.370 e. The molecule has 1 aromatic rings. The number of nitrogens with one attached hydrogen (secondary N) is 2. The largest absolute Gasteiger partial charge is 0.370 e. The van der Waals surface area contributed by atoms with Crippen LogP contribution in [0.4, 0.5) is 11.6 Å². The van der Waals surface area contributed by atoms with Crippen molar-refractivity contribution in [2.45, 2.75) is 13.8 Å². The van der Waals surface area contributed by atoms with Crippen molar-refractivity contribution in [1.29, 1.82) is 0 Å². The molecule has 0 saturated carbocycles. The Balaban J connectivity index is 2.64. The molecule has 1 aromatic heterocycles. The summed E-state index contributed by atoms with van der Waals surface area (Å²) in [6.45, 7) is 4.71. The van der Waals surface area contributed by atoms with Crippen molar-refractivity contribution in [3.63, 3.8) is 0 Å². The molecular weight excluding hydrogens is 242 g/mol. The zero-order chi connectivity index (χ0) is 12.9. The van der Waals surface area contributed by atoms with Gasteiger partial charge in [0, 0.05) is 19.2 Å². The zero-order valence-electron chi connectivity index (χ0n) is 9.90. The summed E-state index contributed by atoms with van der Waals surface area (Å²) < 4.78 is 21.5. The van der Waals surface area contributed by atoms with Gasteiger partial charge in [0.15, 0.2) is 0 Å². The van der Waals surface area contributed by atoms with Gasteiger partial charge >= 0.3 is 0 Å². The van der Waals surface area contributed by atoms with Crippen molar-refractivity contribution in [2.24, 2.45) is 5.14 Å². The Morgan fingerprint density at radius 1 is 1.29 bits per heavy atom. The first-order valence-electron chi connectivity index (χ1n) is 5.24. The summed E-state index contributed by atoms with van der Waals surface area (Å²) in [5.41, 5.74) is 0. The van der Waals surface area contributed by atoms with Crippen molar-refractivity contribution in [2.75, 3.05) is 29.5 Å². The molecule has 0 bridgehead atoms. The average molecular weight is 259 g/mol. The molecule has 0 unspecified atom stereocenters. The van der Waals surface area contributed by atoms with Crippen molar-refractivity contribution < 1.29 is 8.42 Å². The summed E-state index contributed by atoms with van der Waals surface area (Å²) in [6.07, 6.45) is 0. The third-order valence-electron chi connectivity index (χ3n) is 1.89. The number of nitrogens with zero attached hydrogens (tertiary/aromatic N) is 2. The maximum absolute atomic E-state index is 10.8. The van der Waals surface area contributed by atoms with E-state index in [-0.39, 0.29) is 12.3 Å². The molecular formula is C9H17N5O2S. The maximum Gasteiger partial charge on any atom is 0.210 e. The number of aromatic nitrogens is 2. The summed E-state index contributed by atoms with van der Waals surface area (Å²) in [7, 11) is -3.45. The molecule has 0 aromatic carbocycles. The van der Waals surface area contributed by atoms with Crippen LogP contribution in [-0.4, -0.2) is 37.2 Å². The predicted octanol–water partition coefficient (Wildman–Crippen LogP) is -0.0828. The number of rotatable bonds is 6. The molecule has 0 aliphatic rings. The van der Waals surface area contributed by atoms with Crippen molar-refractivity contribution in [3.8, 4) is 0 Å². The molecule has 0 atom stereocenters. The molecule has 0 fully saturated rings. The number of hydrogen-bond acceptors (Lipinski definition) is 6. The van der Waals surface area contributed by atoms with Crippen LogP contribution in [0.15, 0.2) is 6.07 Å². The van der Waals surface area contributed by atoms with Crippen LogP contribution in [0, 0.1) is 6.92 Å². The molecule has 0 aliphatic heterocycles. The van der Waals surface area contributed by atoms with E-state index in [0.29, 0.717) is 17.5 Å². The van der Waals surface area contributed by atoms with Crippen LogP contribution in [0.2, 0.25) is 0 Å². The van der Waals surface area contributed by atoms with Crippen LogP contribution in [0.3, 0.4) is 0 Å². The molecule has 1 heterocycles. The normalized spacial score (nSPS) is 11.2. The molecule has 0 amide bonds. The molecule has 0 aliphatic carbocycles. The van der Waals surface area contributed by atoms with Gasteiger partial charge in [0.05, 0.1) is 5.75 Å². The highest BCUT2D eigenvalue weighted by molar-refractivity contribution is 7.89. The molecule has 4 N–H and O–H groups in total. The number of primary sulfonamides is 1. The molecule has 17 heavy (non-hydrogen) atoms. The van der Waals surface area contributed by atoms with Gasteiger partial charge in [0.2, 0.25) is 10.0 Å². The van der Waals surface area contributed by atoms with E-state index < -0.39 is 10.0 Å². The molecule has 96 valence electrons. The quantitative estimate of drug-likeness (QED) is 0.659. The van der Waals surface area contributed by atoms with Gasteiger partial charge < -0.3 is 10.6 Å². The first-order valence-corrected chi connectivity index (χ1v) is 6.96. The van der Waals surface area contributed by atoms with Gasteiger partial charge in [-0.1, -0.05) is 0 Å². The fraction of sp³-hybridized carbons (Fsp3) is 0.556. The minimum absolute atomic E-state index is 0.132. The molecule has 0 saturated heterocycles. The predicted molar refractivity (Wildman–Crippen MR) is 67.4 cm³/mol. The van der Waals surface area contributed by atoms with Crippen LogP contribution >= 0.6 is 0 Å². The van der Waals surface area contributed by atoms with E-state index in [1.165, 1.54) is 0 Å². The van der Waals surface area contributed by atoms with Crippen LogP contribution < -0.4 is 15.8 Å². The van der Waals surface area contributed by atoms with Crippen LogP contribution in [0.1, 0.15) is 12.7 Å². The summed E-state index contributed by atoms with van der Waals surface area (Å²) in [5.74, 6) is 1.77. The van der Waals surface area contributed by atoms with Crippen molar-refractivity contribution in [3.05, 3.63) is 11.9 Å². The lowest BCUT2D eigenvalue weighted by Gasteiger charge is -2.08. The fourth-order valence-corrected chi connectivity index (χ4v) is 1.64. The number of anilines is 2. The van der Waals surface area contributed by atoms with Gasteiger partial charge in [-0.25, -0.2) is 23.5 Å². The van der Waals surface area contributed by atoms with Crippen molar-refractivity contribution in [1.82, 2.24) is 9.97 Å². The van der Waals surface area contributed by atoms with E-state index in [1.54, 1.807) is 13.0 Å². The van der Waals surface area contributed by atoms with Gasteiger partial charge in [-0.15, -0.1) is 0 Å². The highest BCUT2D eigenvalue weighted by Gasteiger charge is 2.04. The molecule has 7 nitrogen and oxygen atoms in total. The Hall–Kier alpha value is -1.41. The van der Waals surface area contributed by atoms with E-state index in [0.717, 1.165) is 6.54 Å². The molecule has 1 rings (SSSR count). The molecule has 0 spiro atoms. The van der Waals surface area contributed by atoms with Gasteiger partial charge in [0.25, 0.3) is 0 Å². The zero-order valence-corrected chi connectivity index (χ0v) is 10.7. The third-order valence-corrected chi connectivity index (χ3v) is 2.66. The first-order chi connectivity index (χ1) is 7.90. The van der Waals surface area contributed by atoms with Crippen molar-refractivity contribution >= 4 is 21.7 Å². The Kier molecular flexibility index (Phi) is 4.64. The minimum atomic E-state index is -3.45. The average Bonchev–Trinajstić information content (AvgIpc) is 2.15. The SMILES string of the molecule is CCNc1cc(NCCS(N)(=O)=O)nc(C)n1. The monoisotopic (exact) mass is 259 g/mol. The number of sulfonamides is 1. The Labute approximate surface area is 101 Å². The third kappa shape index (κ3) is 5.45. The number of nitrogens with two attached hydrogens (primary N) is 1. The van der Waals surface area contributed by atoms with Gasteiger partial charge in [0.1, 0.15) is 17.5 Å². The molecule has 8 heteroatoms. The van der Waals surface area contributed by atoms with E-state index >= 15 is 0 Å². The molecule has 0 radical (unpaired) electrons. The lowest BCUT2D eigenvalue weighted by atomic mass is 10.4. The van der Waals surface area contributed by atoms with Gasteiger partial charge in [-0.2, -0.15) is 0 Å². The first kappa shape index (κ1) is 13.7. The summed E-state index contributed by atoms with van der Waals surface area (Å²) in [6, 6.07) is 1.72. The fourth-order valence-electron chi connectivity index (χ4n) is 1.25. The van der Waals surface area contributed by atoms with Crippen LogP contribution in [-0.2, 0) is 10.0 Å². The number of hydrogen-bond donors (Lipinski definition) is 3. The lowest BCUT2D eigenvalue weighted by Crippen LogP contribution is -2.22.